The van der Waals surface area contributed by atoms with E-state index >= 15 is 0 Å². The average Bonchev–Trinajstić information content (AvgIpc) is 3.07. The van der Waals surface area contributed by atoms with Gasteiger partial charge in [0, 0.05) is 16.8 Å². The number of carbonyl (C=O) groups excluding carboxylic acids is 2. The molecule has 2 aromatic carbocycles. The summed E-state index contributed by atoms with van der Waals surface area (Å²) in [6, 6.07) is 10.5. The maximum atomic E-state index is 12.3. The molecule has 26 heavy (non-hydrogen) atoms. The van der Waals surface area contributed by atoms with Crippen LogP contribution in [-0.2, 0) is 0 Å². The van der Waals surface area contributed by atoms with Crippen LogP contribution in [0.3, 0.4) is 0 Å². The summed E-state index contributed by atoms with van der Waals surface area (Å²) in [6.07, 6.45) is -2.95. The van der Waals surface area contributed by atoms with E-state index in [2.05, 4.69) is 15.3 Å². The molecular formula is C17H13F3N4O2. The lowest BCUT2D eigenvalue weighted by molar-refractivity contribution is -0.123. The van der Waals surface area contributed by atoms with E-state index in [1.54, 1.807) is 23.5 Å². The van der Waals surface area contributed by atoms with Gasteiger partial charge < -0.3 is 15.6 Å². The third kappa shape index (κ3) is 4.18. The molecule has 0 atom stereocenters. The molecule has 0 spiro atoms. The zero-order valence-corrected chi connectivity index (χ0v) is 13.2. The number of alkyl halides is 3. The topological polar surface area (TPSA) is 86.9 Å². The Hall–Kier alpha value is -3.36. The Labute approximate surface area is 145 Å². The summed E-state index contributed by atoms with van der Waals surface area (Å²) in [5.74, 6) is -1.21. The summed E-state index contributed by atoms with van der Waals surface area (Å²) in [6.45, 7) is -1.40. The van der Waals surface area contributed by atoms with Crippen molar-refractivity contribution in [2.45, 2.75) is 6.18 Å². The van der Waals surface area contributed by atoms with E-state index in [4.69, 9.17) is 0 Å². The molecule has 0 saturated carbocycles. The fourth-order valence-electron chi connectivity index (χ4n) is 2.27. The maximum absolute atomic E-state index is 12.3. The molecule has 1 heterocycles. The van der Waals surface area contributed by atoms with Crippen LogP contribution >= 0.6 is 0 Å². The van der Waals surface area contributed by atoms with Gasteiger partial charge in [-0.25, -0.2) is 4.98 Å². The number of hydrogen-bond acceptors (Lipinski definition) is 3. The number of halogens is 3. The number of nitrogens with zero attached hydrogens (tertiary/aromatic N) is 1. The molecule has 9 heteroatoms. The SMILES string of the molecule is O=C(NCC(F)(F)F)c1ccc(NC(=O)c2ccc3nc[nH]c3c2)cc1. The molecule has 1 aromatic heterocycles. The second-order valence-electron chi connectivity index (χ2n) is 5.46. The quantitative estimate of drug-likeness (QED) is 0.667. The number of rotatable bonds is 4. The largest absolute Gasteiger partial charge is 0.405 e. The normalized spacial score (nSPS) is 11.3. The van der Waals surface area contributed by atoms with Crippen molar-refractivity contribution in [2.75, 3.05) is 11.9 Å². The molecule has 3 rings (SSSR count). The first-order valence-electron chi connectivity index (χ1n) is 7.51. The summed E-state index contributed by atoms with van der Waals surface area (Å²) in [5, 5.41) is 4.43. The van der Waals surface area contributed by atoms with Crippen molar-refractivity contribution in [3.8, 4) is 0 Å². The van der Waals surface area contributed by atoms with Gasteiger partial charge in [0.15, 0.2) is 0 Å². The van der Waals surface area contributed by atoms with Crippen molar-refractivity contribution >= 4 is 28.5 Å². The first-order chi connectivity index (χ1) is 12.3. The number of anilines is 1. The Morgan fingerprint density at radius 1 is 1.00 bits per heavy atom. The number of hydrogen-bond donors (Lipinski definition) is 3. The number of aromatic amines is 1. The molecule has 6 nitrogen and oxygen atoms in total. The van der Waals surface area contributed by atoms with E-state index in [-0.39, 0.29) is 11.5 Å². The van der Waals surface area contributed by atoms with Gasteiger partial charge in [-0.15, -0.1) is 0 Å². The molecule has 3 N–H and O–H groups in total. The van der Waals surface area contributed by atoms with E-state index in [1.165, 1.54) is 30.6 Å². The van der Waals surface area contributed by atoms with Crippen LogP contribution in [0.2, 0.25) is 0 Å². The molecule has 2 amide bonds. The van der Waals surface area contributed by atoms with Crippen LogP contribution < -0.4 is 10.6 Å². The third-order valence-corrected chi connectivity index (χ3v) is 3.54. The Morgan fingerprint density at radius 2 is 1.69 bits per heavy atom. The van der Waals surface area contributed by atoms with Crippen molar-refractivity contribution in [3.05, 3.63) is 59.9 Å². The summed E-state index contributed by atoms with van der Waals surface area (Å²) in [5.41, 5.74) is 2.33. The van der Waals surface area contributed by atoms with Gasteiger partial charge in [-0.05, 0) is 42.5 Å². The first kappa shape index (κ1) is 17.5. The van der Waals surface area contributed by atoms with Crippen molar-refractivity contribution in [1.29, 1.82) is 0 Å². The number of nitrogens with one attached hydrogen (secondary N) is 3. The summed E-state index contributed by atoms with van der Waals surface area (Å²) in [4.78, 5) is 30.9. The second kappa shape index (κ2) is 6.87. The number of aromatic nitrogens is 2. The van der Waals surface area contributed by atoms with Gasteiger partial charge >= 0.3 is 6.18 Å². The monoisotopic (exact) mass is 362 g/mol. The Balaban J connectivity index is 1.65. The highest BCUT2D eigenvalue weighted by atomic mass is 19.4. The fraction of sp³-hybridized carbons (Fsp3) is 0.118. The Kier molecular flexibility index (Phi) is 4.61. The molecular weight excluding hydrogens is 349 g/mol. The third-order valence-electron chi connectivity index (χ3n) is 3.54. The highest BCUT2D eigenvalue weighted by Crippen LogP contribution is 2.16. The predicted octanol–water partition coefficient (Wildman–Crippen LogP) is 3.11. The highest BCUT2D eigenvalue weighted by molar-refractivity contribution is 6.06. The summed E-state index contributed by atoms with van der Waals surface area (Å²) in [7, 11) is 0. The van der Waals surface area contributed by atoms with E-state index in [1.807, 2.05) is 0 Å². The van der Waals surface area contributed by atoms with Crippen LogP contribution in [0.1, 0.15) is 20.7 Å². The standard InChI is InChI=1S/C17H13F3N4O2/c18-17(19,20)8-21-15(25)10-1-4-12(5-2-10)24-16(26)11-3-6-13-14(7-11)23-9-22-13/h1-7,9H,8H2,(H,21,25)(H,22,23)(H,24,26). The van der Waals surface area contributed by atoms with Crippen molar-refractivity contribution in [2.24, 2.45) is 0 Å². The summed E-state index contributed by atoms with van der Waals surface area (Å²) < 4.78 is 36.3. The molecule has 0 bridgehead atoms. The van der Waals surface area contributed by atoms with E-state index in [0.29, 0.717) is 16.8 Å². The van der Waals surface area contributed by atoms with Crippen LogP contribution in [0.4, 0.5) is 18.9 Å². The van der Waals surface area contributed by atoms with Gasteiger partial charge in [-0.3, -0.25) is 9.59 Å². The minimum absolute atomic E-state index is 0.0612. The minimum atomic E-state index is -4.47. The molecule has 0 saturated heterocycles. The van der Waals surface area contributed by atoms with Crippen LogP contribution in [0.5, 0.6) is 0 Å². The van der Waals surface area contributed by atoms with Crippen molar-refractivity contribution in [1.82, 2.24) is 15.3 Å². The molecule has 0 aliphatic carbocycles. The van der Waals surface area contributed by atoms with Crippen LogP contribution in [0.25, 0.3) is 11.0 Å². The van der Waals surface area contributed by atoms with Crippen molar-refractivity contribution in [3.63, 3.8) is 0 Å². The molecule has 0 fully saturated rings. The number of amides is 2. The Bertz CT molecular complexity index is 949. The summed E-state index contributed by atoms with van der Waals surface area (Å²) >= 11 is 0. The molecule has 3 aromatic rings. The minimum Gasteiger partial charge on any atom is -0.345 e. The van der Waals surface area contributed by atoms with Crippen LogP contribution in [-0.4, -0.2) is 34.5 Å². The molecule has 0 unspecified atom stereocenters. The van der Waals surface area contributed by atoms with E-state index in [9.17, 15) is 22.8 Å². The van der Waals surface area contributed by atoms with Crippen molar-refractivity contribution < 1.29 is 22.8 Å². The van der Waals surface area contributed by atoms with E-state index < -0.39 is 18.6 Å². The van der Waals surface area contributed by atoms with Gasteiger partial charge in [-0.1, -0.05) is 0 Å². The first-order valence-corrected chi connectivity index (χ1v) is 7.51. The molecule has 0 aliphatic heterocycles. The van der Waals surface area contributed by atoms with Crippen LogP contribution in [0, 0.1) is 0 Å². The molecule has 0 radical (unpaired) electrons. The smallest absolute Gasteiger partial charge is 0.345 e. The number of fused-ring (bicyclic) bond motifs is 1. The lowest BCUT2D eigenvalue weighted by Crippen LogP contribution is -2.33. The zero-order valence-electron chi connectivity index (χ0n) is 13.2. The Morgan fingerprint density at radius 3 is 2.38 bits per heavy atom. The number of benzene rings is 2. The maximum Gasteiger partial charge on any atom is 0.405 e. The average molecular weight is 362 g/mol. The predicted molar refractivity (Wildman–Crippen MR) is 88.9 cm³/mol. The zero-order chi connectivity index (χ0) is 18.7. The number of imidazole rings is 1. The lowest BCUT2D eigenvalue weighted by atomic mass is 10.1. The number of H-pyrrole nitrogens is 1. The molecule has 134 valence electrons. The van der Waals surface area contributed by atoms with Crippen LogP contribution in [0.15, 0.2) is 48.8 Å². The van der Waals surface area contributed by atoms with E-state index in [0.717, 1.165) is 5.52 Å². The number of carbonyl (C=O) groups is 2. The van der Waals surface area contributed by atoms with Gasteiger partial charge in [0.2, 0.25) is 0 Å². The fourth-order valence-corrected chi connectivity index (χ4v) is 2.27. The second-order valence-corrected chi connectivity index (χ2v) is 5.46. The van der Waals surface area contributed by atoms with Gasteiger partial charge in [0.1, 0.15) is 6.54 Å². The van der Waals surface area contributed by atoms with Gasteiger partial charge in [-0.2, -0.15) is 13.2 Å². The van der Waals surface area contributed by atoms with Gasteiger partial charge in [0.25, 0.3) is 11.8 Å². The van der Waals surface area contributed by atoms with Gasteiger partial charge in [0.05, 0.1) is 17.4 Å². The highest BCUT2D eigenvalue weighted by Gasteiger charge is 2.27. The molecule has 0 aliphatic rings. The lowest BCUT2D eigenvalue weighted by Gasteiger charge is -2.09.